The molecule has 0 radical (unpaired) electrons. The highest BCUT2D eigenvalue weighted by atomic mass is 32.2. The van der Waals surface area contributed by atoms with Gasteiger partial charge in [-0.2, -0.15) is 0 Å². The van der Waals surface area contributed by atoms with E-state index in [9.17, 15) is 8.42 Å². The first-order valence-electron chi connectivity index (χ1n) is 6.66. The monoisotopic (exact) mass is 311 g/mol. The molecule has 0 aliphatic carbocycles. The maximum absolute atomic E-state index is 12.6. The maximum atomic E-state index is 12.6. The Morgan fingerprint density at radius 2 is 1.68 bits per heavy atom. The molecule has 4 heteroatoms. The molecule has 3 nitrogen and oxygen atoms in total. The average Bonchev–Trinajstić information content (AvgIpc) is 2.52. The molecule has 0 atom stereocenters. The van der Waals surface area contributed by atoms with Crippen molar-refractivity contribution in [2.75, 3.05) is 5.73 Å². The largest absolute Gasteiger partial charge is 0.398 e. The highest BCUT2D eigenvalue weighted by Gasteiger charge is 2.21. The van der Waals surface area contributed by atoms with Crippen molar-refractivity contribution in [3.8, 4) is 11.1 Å². The second kappa shape index (κ2) is 6.45. The summed E-state index contributed by atoms with van der Waals surface area (Å²) in [4.78, 5) is 0.141. The van der Waals surface area contributed by atoms with Crippen LogP contribution in [0, 0.1) is 0 Å². The van der Waals surface area contributed by atoms with E-state index in [1.165, 1.54) is 24.3 Å². The van der Waals surface area contributed by atoms with E-state index in [4.69, 9.17) is 5.73 Å². The molecule has 0 saturated heterocycles. The zero-order valence-electron chi connectivity index (χ0n) is 12.1. The Bertz CT molecular complexity index is 835. The summed E-state index contributed by atoms with van der Waals surface area (Å²) in [6.07, 6.45) is 4.08. The minimum atomic E-state index is -3.70. The van der Waals surface area contributed by atoms with Crippen molar-refractivity contribution in [3.63, 3.8) is 0 Å². The molecule has 2 aromatic carbocycles. The highest BCUT2D eigenvalue weighted by Crippen LogP contribution is 2.30. The van der Waals surface area contributed by atoms with E-state index in [1.807, 2.05) is 30.3 Å². The number of anilines is 1. The Morgan fingerprint density at radius 3 is 2.23 bits per heavy atom. The van der Waals surface area contributed by atoms with E-state index >= 15 is 0 Å². The van der Waals surface area contributed by atoms with Gasteiger partial charge in [-0.25, -0.2) is 8.42 Å². The van der Waals surface area contributed by atoms with Crippen molar-refractivity contribution in [1.82, 2.24) is 0 Å². The molecular formula is C18H17NO2S. The van der Waals surface area contributed by atoms with Crippen LogP contribution in [0.3, 0.4) is 0 Å². The third-order valence-electron chi connectivity index (χ3n) is 3.20. The Balaban J connectivity index is 2.53. The van der Waals surface area contributed by atoms with Crippen LogP contribution in [0.5, 0.6) is 0 Å². The predicted octanol–water partition coefficient (Wildman–Crippen LogP) is 3.97. The van der Waals surface area contributed by atoms with Gasteiger partial charge in [0.05, 0.1) is 15.5 Å². The zero-order chi connectivity index (χ0) is 16.2. The van der Waals surface area contributed by atoms with E-state index in [-0.39, 0.29) is 15.5 Å². The number of hydrogen-bond donors (Lipinski definition) is 1. The maximum Gasteiger partial charge on any atom is 0.208 e. The molecule has 0 unspecified atom stereocenters. The number of benzene rings is 2. The molecule has 0 aliphatic rings. The van der Waals surface area contributed by atoms with Crippen LogP contribution in [0.2, 0.25) is 0 Å². The Labute approximate surface area is 131 Å². The van der Waals surface area contributed by atoms with Gasteiger partial charge in [0.1, 0.15) is 0 Å². The fourth-order valence-electron chi connectivity index (χ4n) is 2.11. The average molecular weight is 311 g/mol. The topological polar surface area (TPSA) is 60.2 Å². The van der Waals surface area contributed by atoms with Gasteiger partial charge in [0.15, 0.2) is 0 Å². The second-order valence-electron chi connectivity index (χ2n) is 4.63. The van der Waals surface area contributed by atoms with Crippen LogP contribution < -0.4 is 5.73 Å². The molecule has 22 heavy (non-hydrogen) atoms. The first-order valence-corrected chi connectivity index (χ1v) is 8.14. The fraction of sp³-hybridized carbons (Fsp3) is 0. The van der Waals surface area contributed by atoms with Crippen LogP contribution >= 0.6 is 0 Å². The van der Waals surface area contributed by atoms with E-state index in [2.05, 4.69) is 13.2 Å². The molecule has 0 amide bonds. The van der Waals surface area contributed by atoms with Crippen LogP contribution in [-0.4, -0.2) is 8.42 Å². The van der Waals surface area contributed by atoms with Gasteiger partial charge in [0.2, 0.25) is 9.84 Å². The van der Waals surface area contributed by atoms with E-state index < -0.39 is 9.84 Å². The first kappa shape index (κ1) is 15.8. The van der Waals surface area contributed by atoms with Gasteiger partial charge >= 0.3 is 0 Å². The molecule has 0 aliphatic heterocycles. The smallest absolute Gasteiger partial charge is 0.208 e. The summed E-state index contributed by atoms with van der Waals surface area (Å²) in [5.74, 6) is 0. The van der Waals surface area contributed by atoms with Crippen molar-refractivity contribution in [1.29, 1.82) is 0 Å². The lowest BCUT2D eigenvalue weighted by atomic mass is 10.1. The second-order valence-corrected chi connectivity index (χ2v) is 6.55. The van der Waals surface area contributed by atoms with Gasteiger partial charge in [-0.05, 0) is 29.3 Å². The Hall–Kier alpha value is -2.59. The number of hydrogen-bond acceptors (Lipinski definition) is 3. The third-order valence-corrected chi connectivity index (χ3v) is 5.07. The number of nitrogens with two attached hydrogens (primary N) is 1. The summed E-state index contributed by atoms with van der Waals surface area (Å²) in [5, 5.41) is 0. The molecular weight excluding hydrogens is 294 g/mol. The van der Waals surface area contributed by atoms with Crippen molar-refractivity contribution in [3.05, 3.63) is 84.8 Å². The molecule has 0 saturated carbocycles. The molecule has 0 heterocycles. The summed E-state index contributed by atoms with van der Waals surface area (Å²) in [6.45, 7) is 7.04. The predicted molar refractivity (Wildman–Crippen MR) is 92.0 cm³/mol. The van der Waals surface area contributed by atoms with Crippen LogP contribution in [0.1, 0.15) is 0 Å². The number of sulfone groups is 1. The number of rotatable bonds is 5. The van der Waals surface area contributed by atoms with Gasteiger partial charge in [-0.3, -0.25) is 0 Å². The number of nitrogen functional groups attached to an aromatic ring is 1. The Kier molecular flexibility index (Phi) is 4.63. The standard InChI is InChI=1S/C18H17NO2S/c1-3-8-16(4-2)22(20,21)18-12-11-15(13-17(18)19)14-9-6-5-7-10-14/h3-13H,1-2,19H2/b16-8+. The third kappa shape index (κ3) is 3.02. The molecule has 0 bridgehead atoms. The molecule has 0 spiro atoms. The molecule has 112 valence electrons. The SMILES string of the molecule is C=C/C=C(\C=C)S(=O)(=O)c1ccc(-c2ccccc2)cc1N. The van der Waals surface area contributed by atoms with Crippen LogP contribution in [0.15, 0.2) is 89.7 Å². The van der Waals surface area contributed by atoms with Crippen LogP contribution in [0.25, 0.3) is 11.1 Å². The minimum Gasteiger partial charge on any atom is -0.398 e. The number of allylic oxidation sites excluding steroid dienone is 3. The van der Waals surface area contributed by atoms with Gasteiger partial charge in [0.25, 0.3) is 0 Å². The summed E-state index contributed by atoms with van der Waals surface area (Å²) >= 11 is 0. The lowest BCUT2D eigenvalue weighted by Crippen LogP contribution is -2.06. The summed E-state index contributed by atoms with van der Waals surface area (Å²) < 4.78 is 25.1. The van der Waals surface area contributed by atoms with Crippen LogP contribution in [0.4, 0.5) is 5.69 Å². The van der Waals surface area contributed by atoms with Gasteiger partial charge < -0.3 is 5.73 Å². The lowest BCUT2D eigenvalue weighted by Gasteiger charge is -2.10. The molecule has 0 fully saturated rings. The summed E-state index contributed by atoms with van der Waals surface area (Å²) in [7, 11) is -3.70. The quantitative estimate of drug-likeness (QED) is 0.671. The van der Waals surface area contributed by atoms with Crippen LogP contribution in [-0.2, 0) is 9.84 Å². The molecule has 0 aromatic heterocycles. The van der Waals surface area contributed by atoms with Gasteiger partial charge in [0, 0.05) is 0 Å². The van der Waals surface area contributed by atoms with Crippen molar-refractivity contribution >= 4 is 15.5 Å². The lowest BCUT2D eigenvalue weighted by molar-refractivity contribution is 0.603. The first-order chi connectivity index (χ1) is 10.5. The molecule has 2 rings (SSSR count). The Morgan fingerprint density at radius 1 is 1.00 bits per heavy atom. The fourth-order valence-corrected chi connectivity index (χ4v) is 3.48. The normalized spacial score (nSPS) is 11.9. The summed E-state index contributed by atoms with van der Waals surface area (Å²) in [6, 6.07) is 14.6. The van der Waals surface area contributed by atoms with E-state index in [0.29, 0.717) is 0 Å². The zero-order valence-corrected chi connectivity index (χ0v) is 12.9. The van der Waals surface area contributed by atoms with E-state index in [1.54, 1.807) is 12.1 Å². The van der Waals surface area contributed by atoms with Gasteiger partial charge in [-0.1, -0.05) is 61.7 Å². The molecule has 2 N–H and O–H groups in total. The van der Waals surface area contributed by atoms with Crippen molar-refractivity contribution in [2.45, 2.75) is 4.90 Å². The molecule has 2 aromatic rings. The van der Waals surface area contributed by atoms with Crippen molar-refractivity contribution < 1.29 is 8.42 Å². The summed E-state index contributed by atoms with van der Waals surface area (Å²) in [5.41, 5.74) is 8.01. The van der Waals surface area contributed by atoms with Gasteiger partial charge in [-0.15, -0.1) is 0 Å². The minimum absolute atomic E-state index is 0.0696. The van der Waals surface area contributed by atoms with E-state index in [0.717, 1.165) is 11.1 Å². The van der Waals surface area contributed by atoms with Crippen molar-refractivity contribution in [2.24, 2.45) is 0 Å². The highest BCUT2D eigenvalue weighted by molar-refractivity contribution is 7.95.